The number of hydrogen-bond acceptors (Lipinski definition) is 1. The van der Waals surface area contributed by atoms with Crippen molar-refractivity contribution in [2.24, 2.45) is 0 Å². The highest BCUT2D eigenvalue weighted by molar-refractivity contribution is 5.22. The van der Waals surface area contributed by atoms with Gasteiger partial charge in [-0.2, -0.15) is 0 Å². The normalized spacial score (nSPS) is 16.3. The lowest BCUT2D eigenvalue weighted by Gasteiger charge is -2.26. The van der Waals surface area contributed by atoms with Gasteiger partial charge in [-0.3, -0.25) is 0 Å². The van der Waals surface area contributed by atoms with E-state index >= 15 is 0 Å². The lowest BCUT2D eigenvalue weighted by atomic mass is 9.93. The van der Waals surface area contributed by atoms with Crippen LogP contribution in [0.2, 0.25) is 0 Å². The molecular formula is C14H21N. The zero-order valence-electron chi connectivity index (χ0n) is 9.63. The highest BCUT2D eigenvalue weighted by atomic mass is 14.9. The van der Waals surface area contributed by atoms with Crippen LogP contribution >= 0.6 is 0 Å². The van der Waals surface area contributed by atoms with Gasteiger partial charge in [0.1, 0.15) is 0 Å². The molecule has 0 amide bonds. The van der Waals surface area contributed by atoms with Crippen molar-refractivity contribution in [1.82, 2.24) is 5.32 Å². The Kier molecular flexibility index (Phi) is 3.79. The van der Waals surface area contributed by atoms with E-state index in [0.717, 1.165) is 19.0 Å². The molecule has 1 saturated carbocycles. The first kappa shape index (κ1) is 10.7. The number of aryl methyl sites for hydroxylation is 1. The summed E-state index contributed by atoms with van der Waals surface area (Å²) in [7, 11) is 0. The van der Waals surface area contributed by atoms with Crippen molar-refractivity contribution < 1.29 is 0 Å². The minimum absolute atomic E-state index is 0.819. The number of rotatable bonds is 5. The second kappa shape index (κ2) is 5.32. The average molecular weight is 203 g/mol. The summed E-state index contributed by atoms with van der Waals surface area (Å²) in [6.45, 7) is 3.34. The summed E-state index contributed by atoms with van der Waals surface area (Å²) in [5.41, 5.74) is 2.89. The smallest absolute Gasteiger partial charge is 0.00672 e. The number of hydrogen-bond donors (Lipinski definition) is 1. The Balaban J connectivity index is 1.72. The van der Waals surface area contributed by atoms with E-state index in [4.69, 9.17) is 0 Å². The maximum absolute atomic E-state index is 3.60. The van der Waals surface area contributed by atoms with Gasteiger partial charge in [-0.15, -0.1) is 0 Å². The SMILES string of the molecule is CCc1ccc(CCNC2CCC2)cc1. The Labute approximate surface area is 92.9 Å². The van der Waals surface area contributed by atoms with Crippen LogP contribution in [0.4, 0.5) is 0 Å². The van der Waals surface area contributed by atoms with Gasteiger partial charge in [0.25, 0.3) is 0 Å². The lowest BCUT2D eigenvalue weighted by molar-refractivity contribution is 0.342. The Hall–Kier alpha value is -0.820. The Morgan fingerprint density at radius 1 is 1.13 bits per heavy atom. The molecule has 0 aliphatic heterocycles. The molecule has 2 rings (SSSR count). The van der Waals surface area contributed by atoms with E-state index in [2.05, 4.69) is 36.5 Å². The zero-order valence-corrected chi connectivity index (χ0v) is 9.63. The van der Waals surface area contributed by atoms with Crippen molar-refractivity contribution in [2.75, 3.05) is 6.54 Å². The highest BCUT2D eigenvalue weighted by Gasteiger charge is 2.15. The molecule has 0 saturated heterocycles. The first-order chi connectivity index (χ1) is 7.38. The third-order valence-electron chi connectivity index (χ3n) is 3.38. The second-order valence-electron chi connectivity index (χ2n) is 4.50. The van der Waals surface area contributed by atoms with Crippen LogP contribution < -0.4 is 5.32 Å². The summed E-state index contributed by atoms with van der Waals surface area (Å²) in [6, 6.07) is 9.85. The summed E-state index contributed by atoms with van der Waals surface area (Å²) >= 11 is 0. The predicted molar refractivity (Wildman–Crippen MR) is 65.2 cm³/mol. The lowest BCUT2D eigenvalue weighted by Crippen LogP contribution is -2.36. The van der Waals surface area contributed by atoms with Gasteiger partial charge >= 0.3 is 0 Å². The van der Waals surface area contributed by atoms with Crippen molar-refractivity contribution in [2.45, 2.75) is 45.1 Å². The van der Waals surface area contributed by atoms with Crippen LogP contribution in [-0.2, 0) is 12.8 Å². The van der Waals surface area contributed by atoms with Gasteiger partial charge in [0.2, 0.25) is 0 Å². The molecule has 1 aliphatic rings. The summed E-state index contributed by atoms with van der Waals surface area (Å²) < 4.78 is 0. The number of benzene rings is 1. The summed E-state index contributed by atoms with van der Waals surface area (Å²) in [5.74, 6) is 0. The maximum Gasteiger partial charge on any atom is 0.00672 e. The van der Waals surface area contributed by atoms with Crippen LogP contribution in [0.5, 0.6) is 0 Å². The molecule has 15 heavy (non-hydrogen) atoms. The van der Waals surface area contributed by atoms with Crippen molar-refractivity contribution in [1.29, 1.82) is 0 Å². The summed E-state index contributed by atoms with van der Waals surface area (Å²) in [4.78, 5) is 0. The van der Waals surface area contributed by atoms with Gasteiger partial charge in [-0.1, -0.05) is 37.6 Å². The van der Waals surface area contributed by atoms with Gasteiger partial charge in [-0.05, 0) is 43.4 Å². The second-order valence-corrected chi connectivity index (χ2v) is 4.50. The molecule has 82 valence electrons. The van der Waals surface area contributed by atoms with Crippen molar-refractivity contribution in [3.05, 3.63) is 35.4 Å². The fraction of sp³-hybridized carbons (Fsp3) is 0.571. The molecule has 0 bridgehead atoms. The van der Waals surface area contributed by atoms with Crippen LogP contribution in [-0.4, -0.2) is 12.6 Å². The maximum atomic E-state index is 3.60. The Morgan fingerprint density at radius 2 is 1.80 bits per heavy atom. The molecule has 0 atom stereocenters. The van der Waals surface area contributed by atoms with Gasteiger partial charge in [0.15, 0.2) is 0 Å². The largest absolute Gasteiger partial charge is 0.314 e. The molecule has 1 aliphatic carbocycles. The van der Waals surface area contributed by atoms with Gasteiger partial charge in [-0.25, -0.2) is 0 Å². The van der Waals surface area contributed by atoms with E-state index in [1.807, 2.05) is 0 Å². The molecule has 1 aromatic carbocycles. The van der Waals surface area contributed by atoms with E-state index in [9.17, 15) is 0 Å². The standard InChI is InChI=1S/C14H21N/c1-2-12-6-8-13(9-7-12)10-11-15-14-4-3-5-14/h6-9,14-15H,2-5,10-11H2,1H3. The molecule has 1 N–H and O–H groups in total. The van der Waals surface area contributed by atoms with Crippen molar-refractivity contribution >= 4 is 0 Å². The highest BCUT2D eigenvalue weighted by Crippen LogP contribution is 2.17. The van der Waals surface area contributed by atoms with Crippen molar-refractivity contribution in [3.63, 3.8) is 0 Å². The Morgan fingerprint density at radius 3 is 2.33 bits per heavy atom. The minimum atomic E-state index is 0.819. The predicted octanol–water partition coefficient (Wildman–Crippen LogP) is 2.93. The van der Waals surface area contributed by atoms with Crippen molar-refractivity contribution in [3.8, 4) is 0 Å². The van der Waals surface area contributed by atoms with E-state index in [1.165, 1.54) is 36.8 Å². The van der Waals surface area contributed by atoms with E-state index in [0.29, 0.717) is 0 Å². The van der Waals surface area contributed by atoms with Crippen LogP contribution in [0.15, 0.2) is 24.3 Å². The molecule has 1 nitrogen and oxygen atoms in total. The topological polar surface area (TPSA) is 12.0 Å². The van der Waals surface area contributed by atoms with E-state index < -0.39 is 0 Å². The fourth-order valence-corrected chi connectivity index (χ4v) is 1.97. The molecule has 1 heteroatoms. The molecule has 0 aromatic heterocycles. The molecule has 1 aromatic rings. The monoisotopic (exact) mass is 203 g/mol. The van der Waals surface area contributed by atoms with E-state index in [-0.39, 0.29) is 0 Å². The molecule has 0 radical (unpaired) electrons. The molecule has 0 unspecified atom stereocenters. The van der Waals surface area contributed by atoms with Crippen LogP contribution in [0.3, 0.4) is 0 Å². The van der Waals surface area contributed by atoms with Crippen LogP contribution in [0, 0.1) is 0 Å². The minimum Gasteiger partial charge on any atom is -0.314 e. The first-order valence-electron chi connectivity index (χ1n) is 6.19. The third kappa shape index (κ3) is 3.07. The fourth-order valence-electron chi connectivity index (χ4n) is 1.97. The zero-order chi connectivity index (χ0) is 10.5. The quantitative estimate of drug-likeness (QED) is 0.776. The van der Waals surface area contributed by atoms with Crippen LogP contribution in [0.1, 0.15) is 37.3 Å². The molecular weight excluding hydrogens is 182 g/mol. The van der Waals surface area contributed by atoms with Gasteiger partial charge in [0, 0.05) is 6.04 Å². The third-order valence-corrected chi connectivity index (χ3v) is 3.38. The first-order valence-corrected chi connectivity index (χ1v) is 6.19. The van der Waals surface area contributed by atoms with E-state index in [1.54, 1.807) is 0 Å². The van der Waals surface area contributed by atoms with Gasteiger partial charge in [0.05, 0.1) is 0 Å². The number of nitrogens with one attached hydrogen (secondary N) is 1. The Bertz CT molecular complexity index is 285. The molecule has 1 fully saturated rings. The van der Waals surface area contributed by atoms with Gasteiger partial charge < -0.3 is 5.32 Å². The molecule has 0 spiro atoms. The summed E-state index contributed by atoms with van der Waals surface area (Å²) in [5, 5.41) is 3.60. The summed E-state index contributed by atoms with van der Waals surface area (Å²) in [6.07, 6.45) is 6.49. The average Bonchev–Trinajstić information content (AvgIpc) is 2.23. The van der Waals surface area contributed by atoms with Crippen LogP contribution in [0.25, 0.3) is 0 Å². The molecule has 0 heterocycles.